The van der Waals surface area contributed by atoms with Crippen LogP contribution in [0.1, 0.15) is 34.1 Å². The summed E-state index contributed by atoms with van der Waals surface area (Å²) in [6.45, 7) is 8.20. The smallest absolute Gasteiger partial charge is 0.163 e. The highest BCUT2D eigenvalue weighted by Gasteiger charge is 2.38. The molecule has 1 aliphatic heterocycles. The van der Waals surface area contributed by atoms with E-state index in [2.05, 4.69) is 0 Å². The van der Waals surface area contributed by atoms with Crippen LogP contribution in [0.4, 0.5) is 0 Å². The molecule has 0 aromatic rings. The van der Waals surface area contributed by atoms with Gasteiger partial charge in [0.2, 0.25) is 0 Å². The van der Waals surface area contributed by atoms with Crippen molar-refractivity contribution in [1.82, 2.24) is 0 Å². The number of carbonyl (C=O) groups is 1. The molecule has 13 heavy (non-hydrogen) atoms. The molecular weight excluding hydrogens is 168 g/mol. The van der Waals surface area contributed by atoms with Crippen LogP contribution in [0.25, 0.3) is 0 Å². The highest BCUT2D eigenvalue weighted by atomic mass is 16.7. The van der Waals surface area contributed by atoms with Gasteiger partial charge in [0.1, 0.15) is 6.29 Å². The summed E-state index contributed by atoms with van der Waals surface area (Å²) in [4.78, 5) is 10.8. The molecule has 1 saturated heterocycles. The van der Waals surface area contributed by atoms with E-state index in [0.29, 0.717) is 6.61 Å². The first kappa shape index (κ1) is 10.7. The van der Waals surface area contributed by atoms with Gasteiger partial charge in [0.25, 0.3) is 0 Å². The van der Waals surface area contributed by atoms with Crippen molar-refractivity contribution in [2.45, 2.75) is 46.0 Å². The van der Waals surface area contributed by atoms with Crippen molar-refractivity contribution >= 4 is 6.29 Å². The van der Waals surface area contributed by atoms with Crippen LogP contribution >= 0.6 is 0 Å². The highest BCUT2D eigenvalue weighted by Crippen LogP contribution is 2.31. The normalized spacial score (nSPS) is 28.5. The van der Waals surface area contributed by atoms with Crippen LogP contribution in [0, 0.1) is 5.41 Å². The molecule has 1 fully saturated rings. The molecule has 0 radical (unpaired) electrons. The van der Waals surface area contributed by atoms with E-state index in [1.165, 1.54) is 0 Å². The zero-order valence-corrected chi connectivity index (χ0v) is 8.79. The average molecular weight is 186 g/mol. The number of hydrogen-bond donors (Lipinski definition) is 0. The fourth-order valence-electron chi connectivity index (χ4n) is 1.45. The van der Waals surface area contributed by atoms with Crippen LogP contribution in [0.2, 0.25) is 0 Å². The van der Waals surface area contributed by atoms with Crippen LogP contribution in [-0.2, 0) is 14.3 Å². The monoisotopic (exact) mass is 186 g/mol. The van der Waals surface area contributed by atoms with Crippen molar-refractivity contribution < 1.29 is 14.3 Å². The zero-order valence-electron chi connectivity index (χ0n) is 8.79. The molecule has 1 rings (SSSR count). The summed E-state index contributed by atoms with van der Waals surface area (Å²) in [6.07, 6.45) is 1.71. The van der Waals surface area contributed by atoms with Crippen molar-refractivity contribution in [2.24, 2.45) is 5.41 Å². The summed E-state index contributed by atoms with van der Waals surface area (Å²) in [5, 5.41) is 0. The summed E-state index contributed by atoms with van der Waals surface area (Å²) in [7, 11) is 0. The second kappa shape index (κ2) is 3.39. The molecule has 3 nitrogen and oxygen atoms in total. The first-order valence-corrected chi connectivity index (χ1v) is 4.65. The van der Waals surface area contributed by atoms with Gasteiger partial charge in [-0.15, -0.1) is 0 Å². The summed E-state index contributed by atoms with van der Waals surface area (Å²) in [5.74, 6) is -0.552. The van der Waals surface area contributed by atoms with Crippen molar-refractivity contribution in [3.05, 3.63) is 0 Å². The largest absolute Gasteiger partial charge is 0.350 e. The molecular formula is C10H18O3. The van der Waals surface area contributed by atoms with E-state index in [1.807, 2.05) is 27.7 Å². The fourth-order valence-corrected chi connectivity index (χ4v) is 1.45. The van der Waals surface area contributed by atoms with Crippen LogP contribution in [0.3, 0.4) is 0 Å². The maximum atomic E-state index is 10.8. The third kappa shape index (κ3) is 2.51. The topological polar surface area (TPSA) is 35.5 Å². The Kier molecular flexibility index (Phi) is 2.78. The van der Waals surface area contributed by atoms with E-state index < -0.39 is 11.2 Å². The SMILES string of the molecule is CC1(C)OCC[C@@H](C(C)(C)C=O)O1. The maximum Gasteiger partial charge on any atom is 0.163 e. The van der Waals surface area contributed by atoms with Crippen molar-refractivity contribution in [3.63, 3.8) is 0 Å². The molecule has 1 atom stereocenters. The summed E-state index contributed by atoms with van der Waals surface area (Å²) >= 11 is 0. The molecule has 0 aromatic carbocycles. The van der Waals surface area contributed by atoms with Gasteiger partial charge in [0, 0.05) is 5.41 Å². The number of rotatable bonds is 2. The maximum absolute atomic E-state index is 10.8. The molecule has 0 bridgehead atoms. The van der Waals surface area contributed by atoms with Crippen LogP contribution in [-0.4, -0.2) is 24.8 Å². The second-order valence-electron chi connectivity index (χ2n) is 4.58. The van der Waals surface area contributed by atoms with E-state index in [1.54, 1.807) is 0 Å². The Morgan fingerprint density at radius 2 is 2.08 bits per heavy atom. The van der Waals surface area contributed by atoms with Gasteiger partial charge in [-0.25, -0.2) is 0 Å². The molecule has 3 heteroatoms. The van der Waals surface area contributed by atoms with Crippen molar-refractivity contribution in [2.75, 3.05) is 6.61 Å². The molecule has 0 unspecified atom stereocenters. The van der Waals surface area contributed by atoms with E-state index in [4.69, 9.17) is 9.47 Å². The minimum atomic E-state index is -0.552. The molecule has 0 N–H and O–H groups in total. The van der Waals surface area contributed by atoms with Crippen LogP contribution in [0.5, 0.6) is 0 Å². The molecule has 1 aliphatic rings. The Balaban J connectivity index is 2.67. The van der Waals surface area contributed by atoms with E-state index in [0.717, 1.165) is 12.7 Å². The lowest BCUT2D eigenvalue weighted by Crippen LogP contribution is -2.46. The van der Waals surface area contributed by atoms with Crippen molar-refractivity contribution in [1.29, 1.82) is 0 Å². The molecule has 0 spiro atoms. The number of hydrogen-bond acceptors (Lipinski definition) is 3. The Labute approximate surface area is 79.4 Å². The summed E-state index contributed by atoms with van der Waals surface area (Å²) in [6, 6.07) is 0. The second-order valence-corrected chi connectivity index (χ2v) is 4.58. The minimum absolute atomic E-state index is 0.0336. The van der Waals surface area contributed by atoms with Gasteiger partial charge in [0.05, 0.1) is 12.7 Å². The van der Waals surface area contributed by atoms with Gasteiger partial charge in [-0.2, -0.15) is 0 Å². The predicted octanol–water partition coefficient (Wildman–Crippen LogP) is 1.75. The summed E-state index contributed by atoms with van der Waals surface area (Å²) < 4.78 is 11.1. The standard InChI is InChI=1S/C10H18O3/c1-9(2,7-11)8-5-6-12-10(3,4)13-8/h7-8H,5-6H2,1-4H3/t8-/m0/s1. The van der Waals surface area contributed by atoms with Gasteiger partial charge in [0.15, 0.2) is 5.79 Å². The lowest BCUT2D eigenvalue weighted by atomic mass is 9.86. The predicted molar refractivity (Wildman–Crippen MR) is 49.4 cm³/mol. The Morgan fingerprint density at radius 1 is 1.46 bits per heavy atom. The van der Waals surface area contributed by atoms with Crippen molar-refractivity contribution in [3.8, 4) is 0 Å². The van der Waals surface area contributed by atoms with Gasteiger partial charge < -0.3 is 14.3 Å². The fraction of sp³-hybridized carbons (Fsp3) is 0.900. The molecule has 0 aromatic heterocycles. The summed E-state index contributed by atoms with van der Waals surface area (Å²) in [5.41, 5.74) is -0.416. The molecule has 0 aliphatic carbocycles. The van der Waals surface area contributed by atoms with Gasteiger partial charge >= 0.3 is 0 Å². The first-order valence-electron chi connectivity index (χ1n) is 4.65. The third-order valence-electron chi connectivity index (χ3n) is 2.39. The van der Waals surface area contributed by atoms with E-state index in [9.17, 15) is 4.79 Å². The van der Waals surface area contributed by atoms with Gasteiger partial charge in [-0.3, -0.25) is 0 Å². The molecule has 1 heterocycles. The lowest BCUT2D eigenvalue weighted by Gasteiger charge is -2.41. The van der Waals surface area contributed by atoms with E-state index >= 15 is 0 Å². The molecule has 0 saturated carbocycles. The van der Waals surface area contributed by atoms with Crippen LogP contribution in [0.15, 0.2) is 0 Å². The van der Waals surface area contributed by atoms with Gasteiger partial charge in [-0.1, -0.05) is 13.8 Å². The first-order chi connectivity index (χ1) is 5.87. The third-order valence-corrected chi connectivity index (χ3v) is 2.39. The Bertz CT molecular complexity index is 196. The number of carbonyl (C=O) groups excluding carboxylic acids is 1. The van der Waals surface area contributed by atoms with Gasteiger partial charge in [-0.05, 0) is 20.3 Å². The number of ether oxygens (including phenoxy) is 2. The Morgan fingerprint density at radius 3 is 2.54 bits per heavy atom. The minimum Gasteiger partial charge on any atom is -0.350 e. The van der Waals surface area contributed by atoms with E-state index in [-0.39, 0.29) is 6.10 Å². The number of aldehydes is 1. The lowest BCUT2D eigenvalue weighted by molar-refractivity contribution is -0.287. The average Bonchev–Trinajstić information content (AvgIpc) is 2.03. The van der Waals surface area contributed by atoms with Crippen LogP contribution < -0.4 is 0 Å². The Hall–Kier alpha value is -0.410. The molecule has 76 valence electrons. The quantitative estimate of drug-likeness (QED) is 0.616. The highest BCUT2D eigenvalue weighted by molar-refractivity contribution is 5.59. The molecule has 0 amide bonds. The zero-order chi connectivity index (χ0) is 10.1.